The highest BCUT2D eigenvalue weighted by Gasteiger charge is 2.27. The normalized spacial score (nSPS) is 19.2. The minimum atomic E-state index is -0.707. The summed E-state index contributed by atoms with van der Waals surface area (Å²) in [5.41, 5.74) is 3.03. The minimum absolute atomic E-state index is 0.168. The van der Waals surface area contributed by atoms with Crippen molar-refractivity contribution in [1.29, 1.82) is 0 Å². The lowest BCUT2D eigenvalue weighted by Crippen LogP contribution is -2.42. The summed E-state index contributed by atoms with van der Waals surface area (Å²) >= 11 is 0. The molecule has 3 aromatic rings. The van der Waals surface area contributed by atoms with E-state index in [4.69, 9.17) is 4.74 Å². The van der Waals surface area contributed by atoms with E-state index < -0.39 is 12.1 Å². The topological polar surface area (TPSA) is 74.4 Å². The van der Waals surface area contributed by atoms with Crippen molar-refractivity contribution < 1.29 is 23.4 Å². The molecule has 1 aliphatic rings. The third-order valence-electron chi connectivity index (χ3n) is 5.00. The molecule has 146 valence electrons. The van der Waals surface area contributed by atoms with Crippen LogP contribution in [-0.2, 0) is 16.0 Å². The lowest BCUT2D eigenvalue weighted by atomic mass is 10.0. The van der Waals surface area contributed by atoms with Gasteiger partial charge in [-0.05, 0) is 60.0 Å². The Balaban J connectivity index is 1.60. The van der Waals surface area contributed by atoms with E-state index in [1.165, 1.54) is 24.3 Å². The highest BCUT2D eigenvalue weighted by Crippen LogP contribution is 2.32. The zero-order valence-electron chi connectivity index (χ0n) is 15.0. The lowest BCUT2D eigenvalue weighted by molar-refractivity contribution is -0.122. The van der Waals surface area contributed by atoms with Gasteiger partial charge >= 0.3 is 0 Å². The van der Waals surface area contributed by atoms with E-state index in [0.717, 1.165) is 22.3 Å². The lowest BCUT2D eigenvalue weighted by Gasteiger charge is -2.14. The molecule has 0 spiro atoms. The number of H-pyrrole nitrogens is 1. The average Bonchev–Trinajstić information content (AvgIpc) is 3.24. The summed E-state index contributed by atoms with van der Waals surface area (Å²) in [5, 5.41) is 13.2. The van der Waals surface area contributed by atoms with E-state index in [1.807, 2.05) is 0 Å². The number of aliphatic hydroxyl groups excluding tert-OH is 1. The van der Waals surface area contributed by atoms with Crippen molar-refractivity contribution >= 4 is 16.8 Å². The average molecular weight is 386 g/mol. The van der Waals surface area contributed by atoms with Crippen molar-refractivity contribution in [3.8, 4) is 11.3 Å². The first kappa shape index (κ1) is 18.6. The third kappa shape index (κ3) is 3.76. The first-order chi connectivity index (χ1) is 13.5. The van der Waals surface area contributed by atoms with Crippen LogP contribution in [-0.4, -0.2) is 41.4 Å². The summed E-state index contributed by atoms with van der Waals surface area (Å²) in [6, 6.07) is 10.0. The summed E-state index contributed by atoms with van der Waals surface area (Å²) in [4.78, 5) is 15.6. The zero-order valence-corrected chi connectivity index (χ0v) is 15.0. The van der Waals surface area contributed by atoms with Gasteiger partial charge in [0.15, 0.2) is 0 Å². The molecule has 0 bridgehead atoms. The summed E-state index contributed by atoms with van der Waals surface area (Å²) in [5.74, 6) is -0.927. The zero-order chi connectivity index (χ0) is 19.7. The van der Waals surface area contributed by atoms with Crippen LogP contribution < -0.4 is 5.32 Å². The molecule has 0 saturated carbocycles. The van der Waals surface area contributed by atoms with Crippen LogP contribution >= 0.6 is 0 Å². The Morgan fingerprint density at radius 3 is 2.61 bits per heavy atom. The van der Waals surface area contributed by atoms with Crippen molar-refractivity contribution in [2.45, 2.75) is 25.0 Å². The fraction of sp³-hybridized carbons (Fsp3) is 0.286. The van der Waals surface area contributed by atoms with Crippen LogP contribution in [0.2, 0.25) is 0 Å². The van der Waals surface area contributed by atoms with Crippen LogP contribution in [0.4, 0.5) is 8.78 Å². The largest absolute Gasteiger partial charge is 0.388 e. The minimum Gasteiger partial charge on any atom is -0.388 e. The number of aliphatic hydroxyl groups is 1. The maximum absolute atomic E-state index is 13.8. The molecule has 2 aromatic carbocycles. The maximum atomic E-state index is 13.8. The molecule has 0 unspecified atom stereocenters. The molecule has 1 saturated heterocycles. The number of hydrogen-bond acceptors (Lipinski definition) is 3. The van der Waals surface area contributed by atoms with Gasteiger partial charge in [0, 0.05) is 23.0 Å². The Bertz CT molecular complexity index is 1000. The van der Waals surface area contributed by atoms with Gasteiger partial charge in [-0.2, -0.15) is 0 Å². The number of halogens is 2. The smallest absolute Gasteiger partial charge is 0.220 e. The molecule has 3 N–H and O–H groups in total. The number of amides is 1. The first-order valence-corrected chi connectivity index (χ1v) is 9.12. The van der Waals surface area contributed by atoms with E-state index >= 15 is 0 Å². The fourth-order valence-corrected chi connectivity index (χ4v) is 3.54. The molecular formula is C21H20F2N2O3. The number of aromatic amines is 1. The molecule has 0 radical (unpaired) electrons. The van der Waals surface area contributed by atoms with Crippen LogP contribution in [0.1, 0.15) is 12.0 Å². The summed E-state index contributed by atoms with van der Waals surface area (Å²) in [6.45, 7) is 0.493. The van der Waals surface area contributed by atoms with Crippen LogP contribution in [0.3, 0.4) is 0 Å². The Hall–Kier alpha value is -2.77. The predicted octanol–water partition coefficient (Wildman–Crippen LogP) is 2.92. The summed E-state index contributed by atoms with van der Waals surface area (Å²) in [6.07, 6.45) is -0.173. The summed E-state index contributed by atoms with van der Waals surface area (Å²) in [7, 11) is 0. The molecule has 7 heteroatoms. The number of fused-ring (bicyclic) bond motifs is 1. The number of aryl methyl sites for hydroxylation is 1. The summed E-state index contributed by atoms with van der Waals surface area (Å²) < 4.78 is 32.2. The second-order valence-electron chi connectivity index (χ2n) is 6.95. The molecular weight excluding hydrogens is 366 g/mol. The Morgan fingerprint density at radius 2 is 1.89 bits per heavy atom. The van der Waals surface area contributed by atoms with E-state index in [1.54, 1.807) is 18.2 Å². The molecule has 1 aliphatic heterocycles. The van der Waals surface area contributed by atoms with Gasteiger partial charge in [-0.15, -0.1) is 0 Å². The number of benzene rings is 2. The Labute approximate surface area is 160 Å². The van der Waals surface area contributed by atoms with Crippen molar-refractivity contribution in [3.05, 3.63) is 59.7 Å². The van der Waals surface area contributed by atoms with Gasteiger partial charge in [0.05, 0.1) is 25.4 Å². The molecule has 4 rings (SSSR count). The van der Waals surface area contributed by atoms with E-state index in [9.17, 15) is 18.7 Å². The predicted molar refractivity (Wildman–Crippen MR) is 101 cm³/mol. The third-order valence-corrected chi connectivity index (χ3v) is 5.00. The number of nitrogens with one attached hydrogen (secondary N) is 2. The number of carbonyl (C=O) groups excluding carboxylic acids is 1. The van der Waals surface area contributed by atoms with Crippen molar-refractivity contribution in [3.63, 3.8) is 0 Å². The fourth-order valence-electron chi connectivity index (χ4n) is 3.54. The molecule has 2 heterocycles. The van der Waals surface area contributed by atoms with Crippen molar-refractivity contribution in [2.75, 3.05) is 13.2 Å². The molecule has 0 aliphatic carbocycles. The molecule has 5 nitrogen and oxygen atoms in total. The van der Waals surface area contributed by atoms with Gasteiger partial charge in [0.2, 0.25) is 5.91 Å². The van der Waals surface area contributed by atoms with Crippen LogP contribution in [0.5, 0.6) is 0 Å². The van der Waals surface area contributed by atoms with Gasteiger partial charge in [-0.3, -0.25) is 4.79 Å². The highest BCUT2D eigenvalue weighted by molar-refractivity contribution is 5.91. The number of hydrogen-bond donors (Lipinski definition) is 3. The molecule has 1 aromatic heterocycles. The van der Waals surface area contributed by atoms with Gasteiger partial charge in [0.25, 0.3) is 0 Å². The van der Waals surface area contributed by atoms with Gasteiger partial charge in [-0.25, -0.2) is 8.78 Å². The number of rotatable bonds is 5. The van der Waals surface area contributed by atoms with E-state index in [2.05, 4.69) is 10.3 Å². The van der Waals surface area contributed by atoms with Gasteiger partial charge < -0.3 is 20.1 Å². The monoisotopic (exact) mass is 386 g/mol. The molecule has 28 heavy (non-hydrogen) atoms. The number of aromatic nitrogens is 1. The van der Waals surface area contributed by atoms with E-state index in [0.29, 0.717) is 11.8 Å². The van der Waals surface area contributed by atoms with Crippen LogP contribution in [0, 0.1) is 11.6 Å². The Morgan fingerprint density at radius 1 is 1.14 bits per heavy atom. The SMILES string of the molecule is O=C(CCc1c(-c2ccc(F)cc2)[nH]c2ccc(F)cc12)N[C@@H]1COC[C@H]1O. The van der Waals surface area contributed by atoms with Crippen molar-refractivity contribution in [1.82, 2.24) is 10.3 Å². The second kappa shape index (κ2) is 7.69. The molecule has 1 amide bonds. The maximum Gasteiger partial charge on any atom is 0.220 e. The van der Waals surface area contributed by atoms with Gasteiger partial charge in [0.1, 0.15) is 11.6 Å². The van der Waals surface area contributed by atoms with Crippen LogP contribution in [0.15, 0.2) is 42.5 Å². The van der Waals surface area contributed by atoms with Gasteiger partial charge in [-0.1, -0.05) is 0 Å². The standard InChI is InChI=1S/C21H20F2N2O3/c22-13-3-1-12(2-4-13)21-15(16-9-14(23)5-7-17(16)25-21)6-8-20(27)24-18-10-28-11-19(18)26/h1-5,7,9,18-19,25-26H,6,8,10-11H2,(H,24,27)/t18-,19-/m1/s1. The number of carbonyl (C=O) groups is 1. The second-order valence-corrected chi connectivity index (χ2v) is 6.95. The van der Waals surface area contributed by atoms with Crippen molar-refractivity contribution in [2.24, 2.45) is 0 Å². The quantitative estimate of drug-likeness (QED) is 0.631. The van der Waals surface area contributed by atoms with E-state index in [-0.39, 0.29) is 37.2 Å². The highest BCUT2D eigenvalue weighted by atomic mass is 19.1. The molecule has 1 fully saturated rings. The van der Waals surface area contributed by atoms with Crippen LogP contribution in [0.25, 0.3) is 22.2 Å². The first-order valence-electron chi connectivity index (χ1n) is 9.12. The number of ether oxygens (including phenoxy) is 1. The molecule has 2 atom stereocenters. The Kier molecular flexibility index (Phi) is 5.11.